The first-order chi connectivity index (χ1) is 7.82. The van der Waals surface area contributed by atoms with Crippen LogP contribution in [-0.2, 0) is 9.59 Å². The standard InChI is InChI=1S/C13H24N2O2/c1-7-15-11(9(4)5)10(8(2)3)14(6)12(16)13(15)17/h8-11H,7H2,1-6H3. The van der Waals surface area contributed by atoms with E-state index >= 15 is 0 Å². The van der Waals surface area contributed by atoms with Crippen molar-refractivity contribution in [3.8, 4) is 0 Å². The average molecular weight is 240 g/mol. The molecule has 0 spiro atoms. The van der Waals surface area contributed by atoms with Gasteiger partial charge in [-0.3, -0.25) is 9.59 Å². The first kappa shape index (κ1) is 14.0. The number of rotatable bonds is 3. The lowest BCUT2D eigenvalue weighted by Crippen LogP contribution is -2.66. The van der Waals surface area contributed by atoms with Crippen LogP contribution in [0.3, 0.4) is 0 Å². The van der Waals surface area contributed by atoms with Gasteiger partial charge in [-0.1, -0.05) is 27.7 Å². The van der Waals surface area contributed by atoms with Crippen LogP contribution in [-0.4, -0.2) is 47.3 Å². The van der Waals surface area contributed by atoms with Crippen molar-refractivity contribution in [1.29, 1.82) is 0 Å². The van der Waals surface area contributed by atoms with Gasteiger partial charge in [0, 0.05) is 13.6 Å². The molecule has 17 heavy (non-hydrogen) atoms. The van der Waals surface area contributed by atoms with Crippen LogP contribution in [0.5, 0.6) is 0 Å². The summed E-state index contributed by atoms with van der Waals surface area (Å²) in [5, 5.41) is 0. The SMILES string of the molecule is CCN1C(=O)C(=O)N(C)C(C(C)C)C1C(C)C. The largest absolute Gasteiger partial charge is 0.332 e. The third kappa shape index (κ3) is 2.31. The molecular formula is C13H24N2O2. The number of carbonyl (C=O) groups is 2. The van der Waals surface area contributed by atoms with Gasteiger partial charge in [-0.05, 0) is 18.8 Å². The number of amides is 2. The highest BCUT2D eigenvalue weighted by Crippen LogP contribution is 2.28. The number of nitrogens with zero attached hydrogens (tertiary/aromatic N) is 2. The van der Waals surface area contributed by atoms with Gasteiger partial charge < -0.3 is 9.80 Å². The van der Waals surface area contributed by atoms with Crippen LogP contribution in [0, 0.1) is 11.8 Å². The average Bonchev–Trinajstić information content (AvgIpc) is 2.24. The zero-order valence-corrected chi connectivity index (χ0v) is 11.7. The van der Waals surface area contributed by atoms with E-state index in [1.807, 2.05) is 6.92 Å². The minimum Gasteiger partial charge on any atom is -0.332 e. The molecule has 1 heterocycles. The Bertz CT molecular complexity index is 313. The zero-order chi connectivity index (χ0) is 13.3. The molecule has 1 aliphatic heterocycles. The van der Waals surface area contributed by atoms with E-state index in [1.54, 1.807) is 16.8 Å². The van der Waals surface area contributed by atoms with Gasteiger partial charge in [-0.25, -0.2) is 0 Å². The molecule has 2 unspecified atom stereocenters. The first-order valence-corrected chi connectivity index (χ1v) is 6.40. The Labute approximate surface area is 104 Å². The predicted molar refractivity (Wildman–Crippen MR) is 67.4 cm³/mol. The summed E-state index contributed by atoms with van der Waals surface area (Å²) in [4.78, 5) is 27.3. The topological polar surface area (TPSA) is 40.6 Å². The summed E-state index contributed by atoms with van der Waals surface area (Å²) < 4.78 is 0. The van der Waals surface area contributed by atoms with Crippen LogP contribution < -0.4 is 0 Å². The monoisotopic (exact) mass is 240 g/mol. The summed E-state index contributed by atoms with van der Waals surface area (Å²) in [5.41, 5.74) is 0. The van der Waals surface area contributed by atoms with Crippen LogP contribution in [0.4, 0.5) is 0 Å². The summed E-state index contributed by atoms with van der Waals surface area (Å²) in [6, 6.07) is 0.232. The Hall–Kier alpha value is -1.06. The quantitative estimate of drug-likeness (QED) is 0.699. The van der Waals surface area contributed by atoms with E-state index in [-0.39, 0.29) is 23.9 Å². The molecule has 0 bridgehead atoms. The number of piperazine rings is 1. The Morgan fingerprint density at radius 1 is 1.00 bits per heavy atom. The molecule has 1 fully saturated rings. The van der Waals surface area contributed by atoms with E-state index in [9.17, 15) is 9.59 Å². The summed E-state index contributed by atoms with van der Waals surface area (Å²) >= 11 is 0. The van der Waals surface area contributed by atoms with Crippen molar-refractivity contribution in [2.24, 2.45) is 11.8 Å². The van der Waals surface area contributed by atoms with Crippen LogP contribution in [0.1, 0.15) is 34.6 Å². The molecule has 0 N–H and O–H groups in total. The maximum atomic E-state index is 12.0. The van der Waals surface area contributed by atoms with Crippen molar-refractivity contribution in [3.05, 3.63) is 0 Å². The highest BCUT2D eigenvalue weighted by molar-refractivity contribution is 6.35. The fourth-order valence-corrected chi connectivity index (χ4v) is 2.91. The Morgan fingerprint density at radius 2 is 1.47 bits per heavy atom. The van der Waals surface area contributed by atoms with Gasteiger partial charge in [0.15, 0.2) is 0 Å². The van der Waals surface area contributed by atoms with Crippen molar-refractivity contribution in [1.82, 2.24) is 9.80 Å². The first-order valence-electron chi connectivity index (χ1n) is 6.40. The second-order valence-corrected chi connectivity index (χ2v) is 5.48. The molecule has 0 aromatic rings. The Balaban J connectivity index is 3.16. The maximum absolute atomic E-state index is 12.0. The van der Waals surface area contributed by atoms with Gasteiger partial charge in [-0.15, -0.1) is 0 Å². The number of likely N-dealkylation sites (N-methyl/N-ethyl adjacent to an activating group) is 2. The van der Waals surface area contributed by atoms with Crippen LogP contribution in [0.25, 0.3) is 0 Å². The van der Waals surface area contributed by atoms with E-state index in [0.29, 0.717) is 18.4 Å². The highest BCUT2D eigenvalue weighted by Gasteiger charge is 2.45. The molecule has 0 radical (unpaired) electrons. The molecule has 4 heteroatoms. The lowest BCUT2D eigenvalue weighted by Gasteiger charge is -2.48. The molecule has 0 aliphatic carbocycles. The van der Waals surface area contributed by atoms with Crippen molar-refractivity contribution < 1.29 is 9.59 Å². The minimum absolute atomic E-state index is 0.111. The van der Waals surface area contributed by atoms with Gasteiger partial charge in [0.1, 0.15) is 0 Å². The van der Waals surface area contributed by atoms with Crippen molar-refractivity contribution >= 4 is 11.8 Å². The number of carbonyl (C=O) groups excluding carboxylic acids is 2. The van der Waals surface area contributed by atoms with Gasteiger partial charge in [0.05, 0.1) is 12.1 Å². The second kappa shape index (κ2) is 5.07. The van der Waals surface area contributed by atoms with Crippen molar-refractivity contribution in [2.75, 3.05) is 13.6 Å². The fraction of sp³-hybridized carbons (Fsp3) is 0.846. The molecule has 2 amide bonds. The molecule has 0 aromatic heterocycles. The van der Waals surface area contributed by atoms with Gasteiger partial charge in [0.2, 0.25) is 0 Å². The normalized spacial score (nSPS) is 26.4. The molecule has 98 valence electrons. The van der Waals surface area contributed by atoms with E-state index in [0.717, 1.165) is 0 Å². The molecule has 4 nitrogen and oxygen atoms in total. The third-order valence-electron chi connectivity index (χ3n) is 3.63. The van der Waals surface area contributed by atoms with Gasteiger partial charge in [0.25, 0.3) is 0 Å². The molecule has 0 saturated carbocycles. The molecular weight excluding hydrogens is 216 g/mol. The van der Waals surface area contributed by atoms with E-state index in [4.69, 9.17) is 0 Å². The number of hydrogen-bond acceptors (Lipinski definition) is 2. The predicted octanol–water partition coefficient (Wildman–Crippen LogP) is 1.36. The summed E-state index contributed by atoms with van der Waals surface area (Å²) in [6.07, 6.45) is 0. The number of hydrogen-bond donors (Lipinski definition) is 0. The third-order valence-corrected chi connectivity index (χ3v) is 3.63. The molecule has 1 saturated heterocycles. The summed E-state index contributed by atoms with van der Waals surface area (Å²) in [7, 11) is 1.74. The maximum Gasteiger partial charge on any atom is 0.312 e. The second-order valence-electron chi connectivity index (χ2n) is 5.48. The minimum atomic E-state index is -0.373. The van der Waals surface area contributed by atoms with Crippen LogP contribution in [0.15, 0.2) is 0 Å². The van der Waals surface area contributed by atoms with E-state index < -0.39 is 0 Å². The van der Waals surface area contributed by atoms with Crippen LogP contribution in [0.2, 0.25) is 0 Å². The van der Waals surface area contributed by atoms with Crippen LogP contribution >= 0.6 is 0 Å². The zero-order valence-electron chi connectivity index (χ0n) is 11.7. The fourth-order valence-electron chi connectivity index (χ4n) is 2.91. The summed E-state index contributed by atoms with van der Waals surface area (Å²) in [5.74, 6) is -0.0339. The Morgan fingerprint density at radius 3 is 1.82 bits per heavy atom. The smallest absolute Gasteiger partial charge is 0.312 e. The van der Waals surface area contributed by atoms with Crippen molar-refractivity contribution in [3.63, 3.8) is 0 Å². The molecule has 1 aliphatic rings. The highest BCUT2D eigenvalue weighted by atomic mass is 16.2. The van der Waals surface area contributed by atoms with Crippen molar-refractivity contribution in [2.45, 2.75) is 46.7 Å². The molecule has 0 aromatic carbocycles. The van der Waals surface area contributed by atoms with E-state index in [2.05, 4.69) is 27.7 Å². The van der Waals surface area contributed by atoms with Gasteiger partial charge in [-0.2, -0.15) is 0 Å². The molecule has 1 rings (SSSR count). The van der Waals surface area contributed by atoms with Gasteiger partial charge >= 0.3 is 11.8 Å². The van der Waals surface area contributed by atoms with E-state index in [1.165, 1.54) is 0 Å². The lowest BCUT2D eigenvalue weighted by molar-refractivity contribution is -0.164. The lowest BCUT2D eigenvalue weighted by atomic mass is 9.84. The summed E-state index contributed by atoms with van der Waals surface area (Å²) in [6.45, 7) is 11.0. The Kier molecular flexibility index (Phi) is 4.17. The molecule has 2 atom stereocenters.